The van der Waals surface area contributed by atoms with Crippen molar-refractivity contribution in [2.24, 2.45) is 5.92 Å². The van der Waals surface area contributed by atoms with E-state index in [2.05, 4.69) is 14.7 Å². The van der Waals surface area contributed by atoms with Crippen molar-refractivity contribution < 1.29 is 22.5 Å². The summed E-state index contributed by atoms with van der Waals surface area (Å²) in [7, 11) is 0. The van der Waals surface area contributed by atoms with Crippen LogP contribution in [-0.4, -0.2) is 27.0 Å². The van der Waals surface area contributed by atoms with Crippen molar-refractivity contribution in [1.82, 2.24) is 15.0 Å². The van der Waals surface area contributed by atoms with E-state index in [1.165, 1.54) is 0 Å². The first-order valence-corrected chi connectivity index (χ1v) is 8.53. The average molecular weight is 367 g/mol. The highest BCUT2D eigenvalue weighted by molar-refractivity contribution is 5.77. The smallest absolute Gasteiger partial charge is 0.335 e. The predicted octanol–water partition coefficient (Wildman–Crippen LogP) is 4.29. The van der Waals surface area contributed by atoms with Crippen molar-refractivity contribution >= 4 is 5.91 Å². The monoisotopic (exact) mass is 367 g/mol. The number of hydrogen-bond donors (Lipinski definition) is 0. The molecule has 1 heterocycles. The minimum atomic E-state index is -4.66. The summed E-state index contributed by atoms with van der Waals surface area (Å²) in [5.41, 5.74) is 1.34. The zero-order valence-electron chi connectivity index (χ0n) is 14.6. The lowest BCUT2D eigenvalue weighted by atomic mass is 10.1. The molecule has 3 rings (SSSR count). The number of rotatable bonds is 6. The van der Waals surface area contributed by atoms with Crippen LogP contribution >= 0.6 is 0 Å². The molecule has 1 saturated carbocycles. The fourth-order valence-electron chi connectivity index (χ4n) is 2.69. The predicted molar refractivity (Wildman–Crippen MR) is 87.8 cm³/mol. The zero-order chi connectivity index (χ0) is 18.9. The first-order chi connectivity index (χ1) is 12.2. The molecule has 1 aliphatic rings. The summed E-state index contributed by atoms with van der Waals surface area (Å²) in [6, 6.07) is 7.12. The van der Waals surface area contributed by atoms with Crippen molar-refractivity contribution in [3.05, 3.63) is 35.7 Å². The Kier molecular flexibility index (Phi) is 5.02. The van der Waals surface area contributed by atoms with Crippen LogP contribution in [-0.2, 0) is 17.5 Å². The van der Waals surface area contributed by atoms with Crippen LogP contribution in [0.5, 0.6) is 0 Å². The maximum Gasteiger partial charge on any atom is 0.471 e. The summed E-state index contributed by atoms with van der Waals surface area (Å²) < 4.78 is 41.9. The highest BCUT2D eigenvalue weighted by Gasteiger charge is 2.38. The minimum Gasteiger partial charge on any atom is -0.335 e. The number of halogens is 3. The molecule has 2 aromatic rings. The first-order valence-electron chi connectivity index (χ1n) is 8.53. The normalized spacial score (nSPS) is 14.7. The van der Waals surface area contributed by atoms with Crippen LogP contribution in [0.1, 0.15) is 44.6 Å². The summed E-state index contributed by atoms with van der Waals surface area (Å²) in [5.74, 6) is -1.04. The number of nitrogens with zero attached hydrogens (tertiary/aromatic N) is 3. The van der Waals surface area contributed by atoms with E-state index in [9.17, 15) is 18.0 Å². The summed E-state index contributed by atoms with van der Waals surface area (Å²) in [5, 5.41) is 3.37. The molecule has 1 amide bonds. The Balaban J connectivity index is 1.70. The van der Waals surface area contributed by atoms with Crippen LogP contribution in [0.15, 0.2) is 28.8 Å². The minimum absolute atomic E-state index is 0.112. The zero-order valence-corrected chi connectivity index (χ0v) is 14.6. The molecule has 1 aromatic heterocycles. The Labute approximate surface area is 149 Å². The van der Waals surface area contributed by atoms with Gasteiger partial charge in [-0.25, -0.2) is 0 Å². The lowest BCUT2D eigenvalue weighted by molar-refractivity contribution is -0.159. The lowest BCUT2D eigenvalue weighted by Crippen LogP contribution is -2.33. The number of amides is 1. The molecule has 0 N–H and O–H groups in total. The molecule has 0 radical (unpaired) electrons. The molecular formula is C18H20F3N3O2. The molecule has 1 fully saturated rings. The largest absolute Gasteiger partial charge is 0.471 e. The topological polar surface area (TPSA) is 59.2 Å². The van der Waals surface area contributed by atoms with E-state index in [1.807, 2.05) is 18.7 Å². The second-order valence-electron chi connectivity index (χ2n) is 6.97. The van der Waals surface area contributed by atoms with E-state index in [0.717, 1.165) is 18.4 Å². The molecule has 0 saturated heterocycles. The van der Waals surface area contributed by atoms with Crippen LogP contribution in [0.2, 0.25) is 0 Å². The molecular weight excluding hydrogens is 347 g/mol. The standard InChI is InChI=1S/C18H20F3N3O2/c1-11(2)9-15(25)24(14-7-8-14)10-12-3-5-13(6-4-12)16-22-17(26-23-16)18(19,20)21/h3-6,11,14H,7-10H2,1-2H3. The van der Waals surface area contributed by atoms with Gasteiger partial charge in [-0.3, -0.25) is 4.79 Å². The second kappa shape index (κ2) is 7.09. The van der Waals surface area contributed by atoms with Crippen molar-refractivity contribution in [2.75, 3.05) is 0 Å². The van der Waals surface area contributed by atoms with Crippen LogP contribution in [0.3, 0.4) is 0 Å². The third kappa shape index (κ3) is 4.42. The van der Waals surface area contributed by atoms with Gasteiger partial charge in [0.05, 0.1) is 0 Å². The molecule has 26 heavy (non-hydrogen) atoms. The van der Waals surface area contributed by atoms with E-state index >= 15 is 0 Å². The third-order valence-corrected chi connectivity index (χ3v) is 4.12. The lowest BCUT2D eigenvalue weighted by Gasteiger charge is -2.23. The van der Waals surface area contributed by atoms with Gasteiger partial charge in [-0.15, -0.1) is 0 Å². The molecule has 1 aromatic carbocycles. The molecule has 0 unspecified atom stereocenters. The van der Waals surface area contributed by atoms with Gasteiger partial charge in [0.25, 0.3) is 0 Å². The summed E-state index contributed by atoms with van der Waals surface area (Å²) >= 11 is 0. The Morgan fingerprint density at radius 3 is 2.42 bits per heavy atom. The second-order valence-corrected chi connectivity index (χ2v) is 6.97. The average Bonchev–Trinajstić information content (AvgIpc) is 3.26. The van der Waals surface area contributed by atoms with Crippen molar-refractivity contribution in [3.63, 3.8) is 0 Å². The van der Waals surface area contributed by atoms with Crippen molar-refractivity contribution in [2.45, 2.75) is 51.9 Å². The Morgan fingerprint density at radius 1 is 1.27 bits per heavy atom. The number of carbonyl (C=O) groups excluding carboxylic acids is 1. The van der Waals surface area contributed by atoms with Gasteiger partial charge >= 0.3 is 12.1 Å². The SMILES string of the molecule is CC(C)CC(=O)N(Cc1ccc(-c2noc(C(F)(F)F)n2)cc1)C1CC1. The van der Waals surface area contributed by atoms with Gasteiger partial charge in [0, 0.05) is 24.6 Å². The van der Waals surface area contributed by atoms with Gasteiger partial charge in [0.1, 0.15) is 0 Å². The molecule has 1 aliphatic carbocycles. The summed E-state index contributed by atoms with van der Waals surface area (Å²) in [6.07, 6.45) is -2.11. The molecule has 0 spiro atoms. The fraction of sp³-hybridized carbons (Fsp3) is 0.500. The molecule has 140 valence electrons. The fourth-order valence-corrected chi connectivity index (χ4v) is 2.69. The molecule has 5 nitrogen and oxygen atoms in total. The number of benzene rings is 1. The van der Waals surface area contributed by atoms with Crippen molar-refractivity contribution in [1.29, 1.82) is 0 Å². The Bertz CT molecular complexity index is 765. The number of carbonyl (C=O) groups is 1. The molecule has 8 heteroatoms. The number of hydrogen-bond acceptors (Lipinski definition) is 4. The van der Waals surface area contributed by atoms with Gasteiger partial charge in [0.15, 0.2) is 0 Å². The highest BCUT2D eigenvalue weighted by Crippen LogP contribution is 2.31. The van der Waals surface area contributed by atoms with Crippen LogP contribution in [0, 0.1) is 5.92 Å². The molecule has 0 atom stereocenters. The summed E-state index contributed by atoms with van der Waals surface area (Å²) in [6.45, 7) is 4.52. The van der Waals surface area contributed by atoms with E-state index in [-0.39, 0.29) is 11.7 Å². The van der Waals surface area contributed by atoms with Gasteiger partial charge in [-0.05, 0) is 24.3 Å². The first kappa shape index (κ1) is 18.4. The maximum atomic E-state index is 12.5. The highest BCUT2D eigenvalue weighted by atomic mass is 19.4. The van der Waals surface area contributed by atoms with Crippen LogP contribution < -0.4 is 0 Å². The Morgan fingerprint density at radius 2 is 1.92 bits per heavy atom. The molecule has 0 aliphatic heterocycles. The van der Waals surface area contributed by atoms with E-state index < -0.39 is 12.1 Å². The Hall–Kier alpha value is -2.38. The van der Waals surface area contributed by atoms with E-state index in [1.54, 1.807) is 24.3 Å². The number of alkyl halides is 3. The van der Waals surface area contributed by atoms with Gasteiger partial charge < -0.3 is 9.42 Å². The van der Waals surface area contributed by atoms with Gasteiger partial charge in [0.2, 0.25) is 11.7 Å². The number of aromatic nitrogens is 2. The van der Waals surface area contributed by atoms with E-state index in [4.69, 9.17) is 0 Å². The van der Waals surface area contributed by atoms with Gasteiger partial charge in [-0.2, -0.15) is 18.2 Å². The van der Waals surface area contributed by atoms with Crippen LogP contribution in [0.4, 0.5) is 13.2 Å². The van der Waals surface area contributed by atoms with Gasteiger partial charge in [-0.1, -0.05) is 43.3 Å². The van der Waals surface area contributed by atoms with Crippen molar-refractivity contribution in [3.8, 4) is 11.4 Å². The summed E-state index contributed by atoms with van der Waals surface area (Å²) in [4.78, 5) is 17.7. The quantitative estimate of drug-likeness (QED) is 0.764. The molecule has 0 bridgehead atoms. The maximum absolute atomic E-state index is 12.5. The third-order valence-electron chi connectivity index (χ3n) is 4.12. The van der Waals surface area contributed by atoms with Crippen LogP contribution in [0.25, 0.3) is 11.4 Å². The van der Waals surface area contributed by atoms with E-state index in [0.29, 0.717) is 30.5 Å².